The predicted molar refractivity (Wildman–Crippen MR) is 93.9 cm³/mol. The van der Waals surface area contributed by atoms with Crippen molar-refractivity contribution in [2.45, 2.75) is 52.2 Å². The minimum Gasteiger partial charge on any atom is -0.381 e. The third kappa shape index (κ3) is 4.39. The van der Waals surface area contributed by atoms with Gasteiger partial charge in [0, 0.05) is 11.4 Å². The number of carbonyl (C=O) groups is 1. The van der Waals surface area contributed by atoms with E-state index in [1.54, 1.807) is 5.38 Å². The van der Waals surface area contributed by atoms with Crippen LogP contribution in [0, 0.1) is 0 Å². The molecule has 0 aliphatic carbocycles. The van der Waals surface area contributed by atoms with Crippen molar-refractivity contribution >= 4 is 17.2 Å². The van der Waals surface area contributed by atoms with Crippen LogP contribution in [0.2, 0.25) is 0 Å². The van der Waals surface area contributed by atoms with Gasteiger partial charge in [0.1, 0.15) is 16.8 Å². The van der Waals surface area contributed by atoms with Crippen LogP contribution in [-0.2, 0) is 5.41 Å². The summed E-state index contributed by atoms with van der Waals surface area (Å²) in [7, 11) is 0. The van der Waals surface area contributed by atoms with Crippen LogP contribution in [0.4, 0.5) is 0 Å². The lowest BCUT2D eigenvalue weighted by atomic mass is 9.86. The molecule has 0 radical (unpaired) electrons. The number of hydrogen-bond acceptors (Lipinski definition) is 4. The zero-order chi connectivity index (χ0) is 17.2. The summed E-state index contributed by atoms with van der Waals surface area (Å²) in [5, 5.41) is 15.5. The molecular weight excluding hydrogens is 308 g/mol. The summed E-state index contributed by atoms with van der Waals surface area (Å²) in [6.45, 7) is 10.3. The van der Waals surface area contributed by atoms with Gasteiger partial charge in [-0.15, -0.1) is 11.3 Å². The van der Waals surface area contributed by atoms with Gasteiger partial charge in [-0.1, -0.05) is 45.0 Å². The maximum Gasteiger partial charge on any atom is 0.270 e. The highest BCUT2D eigenvalue weighted by atomic mass is 32.1. The summed E-state index contributed by atoms with van der Waals surface area (Å²) in [6.07, 6.45) is -0.811. The normalized spacial score (nSPS) is 13.2. The topological polar surface area (TPSA) is 62.2 Å². The fraction of sp³-hybridized carbons (Fsp3) is 0.444. The molecule has 5 heteroatoms. The Bertz CT molecular complexity index is 669. The van der Waals surface area contributed by atoms with Crippen molar-refractivity contribution in [2.75, 3.05) is 0 Å². The number of hydrogen-bond donors (Lipinski definition) is 2. The van der Waals surface area contributed by atoms with Crippen molar-refractivity contribution in [2.24, 2.45) is 0 Å². The van der Waals surface area contributed by atoms with Gasteiger partial charge in [-0.25, -0.2) is 4.98 Å². The summed E-state index contributed by atoms with van der Waals surface area (Å²) < 4.78 is 0. The van der Waals surface area contributed by atoms with E-state index < -0.39 is 6.10 Å². The lowest BCUT2D eigenvalue weighted by molar-refractivity contribution is 0.0938. The Morgan fingerprint density at radius 3 is 2.35 bits per heavy atom. The Kier molecular flexibility index (Phi) is 5.22. The second kappa shape index (κ2) is 6.81. The molecule has 23 heavy (non-hydrogen) atoms. The Hall–Kier alpha value is -1.72. The number of carbonyl (C=O) groups excluding carboxylic acids is 1. The van der Waals surface area contributed by atoms with Crippen LogP contribution in [0.5, 0.6) is 0 Å². The molecule has 1 unspecified atom stereocenters. The molecule has 0 bridgehead atoms. The Morgan fingerprint density at radius 2 is 1.83 bits per heavy atom. The van der Waals surface area contributed by atoms with E-state index in [0.717, 1.165) is 5.56 Å². The first-order valence-corrected chi connectivity index (χ1v) is 8.61. The smallest absolute Gasteiger partial charge is 0.270 e. The standard InChI is InChI=1S/C18H24N2O2S/c1-11(2)19-16(22)14-10-23-17(20-14)15(21)12-6-8-13(9-7-12)18(3,4)5/h6-11,15,21H,1-5H3,(H,19,22). The second-order valence-corrected chi connectivity index (χ2v) is 7.86. The van der Waals surface area contributed by atoms with Gasteiger partial charge in [0.2, 0.25) is 0 Å². The first-order valence-electron chi connectivity index (χ1n) is 7.73. The zero-order valence-corrected chi connectivity index (χ0v) is 15.1. The number of benzene rings is 1. The summed E-state index contributed by atoms with van der Waals surface area (Å²) in [5.74, 6) is -0.210. The summed E-state index contributed by atoms with van der Waals surface area (Å²) in [6, 6.07) is 7.94. The molecule has 1 aromatic heterocycles. The predicted octanol–water partition coefficient (Wildman–Crippen LogP) is 3.66. The molecule has 1 heterocycles. The Morgan fingerprint density at radius 1 is 1.22 bits per heavy atom. The molecule has 4 nitrogen and oxygen atoms in total. The Balaban J connectivity index is 2.16. The van der Waals surface area contributed by atoms with Crippen molar-refractivity contribution in [1.82, 2.24) is 10.3 Å². The van der Waals surface area contributed by atoms with E-state index in [1.807, 2.05) is 38.1 Å². The molecule has 2 N–H and O–H groups in total. The largest absolute Gasteiger partial charge is 0.381 e. The monoisotopic (exact) mass is 332 g/mol. The number of aromatic nitrogens is 1. The van der Waals surface area contributed by atoms with Gasteiger partial charge in [-0.2, -0.15) is 0 Å². The molecular formula is C18H24N2O2S. The van der Waals surface area contributed by atoms with Crippen LogP contribution in [0.15, 0.2) is 29.6 Å². The number of rotatable bonds is 4. The van der Waals surface area contributed by atoms with E-state index in [4.69, 9.17) is 0 Å². The maximum absolute atomic E-state index is 11.9. The van der Waals surface area contributed by atoms with Crippen molar-refractivity contribution in [3.05, 3.63) is 51.5 Å². The average Bonchev–Trinajstić information content (AvgIpc) is 2.95. The number of nitrogens with one attached hydrogen (secondary N) is 1. The van der Waals surface area contributed by atoms with Crippen LogP contribution < -0.4 is 5.32 Å². The van der Waals surface area contributed by atoms with Gasteiger partial charge in [0.25, 0.3) is 5.91 Å². The van der Waals surface area contributed by atoms with E-state index in [0.29, 0.717) is 10.7 Å². The van der Waals surface area contributed by atoms with Crippen LogP contribution in [0.25, 0.3) is 0 Å². The SMILES string of the molecule is CC(C)NC(=O)c1csc(C(O)c2ccc(C(C)(C)C)cc2)n1. The Labute approximate surface area is 141 Å². The van der Waals surface area contributed by atoms with Gasteiger partial charge in [0.15, 0.2) is 0 Å². The van der Waals surface area contributed by atoms with Crippen LogP contribution in [-0.4, -0.2) is 22.0 Å². The molecule has 2 aromatic rings. The molecule has 0 spiro atoms. The lowest BCUT2D eigenvalue weighted by Gasteiger charge is -2.19. The number of thiazole rings is 1. The molecule has 0 aliphatic rings. The fourth-order valence-electron chi connectivity index (χ4n) is 2.16. The first kappa shape index (κ1) is 17.6. The van der Waals surface area contributed by atoms with E-state index in [-0.39, 0.29) is 17.4 Å². The summed E-state index contributed by atoms with van der Waals surface area (Å²) in [5.41, 5.74) is 2.42. The van der Waals surface area contributed by atoms with Gasteiger partial charge in [0.05, 0.1) is 0 Å². The van der Waals surface area contributed by atoms with Crippen LogP contribution in [0.3, 0.4) is 0 Å². The highest BCUT2D eigenvalue weighted by Gasteiger charge is 2.19. The third-order valence-electron chi connectivity index (χ3n) is 3.50. The lowest BCUT2D eigenvalue weighted by Crippen LogP contribution is -2.30. The van der Waals surface area contributed by atoms with E-state index in [9.17, 15) is 9.90 Å². The number of aliphatic hydroxyl groups excluding tert-OH is 1. The maximum atomic E-state index is 11.9. The number of aliphatic hydroxyl groups is 1. The fourth-order valence-corrected chi connectivity index (χ4v) is 2.97. The highest BCUT2D eigenvalue weighted by molar-refractivity contribution is 7.09. The van der Waals surface area contributed by atoms with Crippen molar-refractivity contribution in [3.8, 4) is 0 Å². The first-order chi connectivity index (χ1) is 10.7. The number of amides is 1. The summed E-state index contributed by atoms with van der Waals surface area (Å²) in [4.78, 5) is 16.2. The molecule has 0 saturated carbocycles. The highest BCUT2D eigenvalue weighted by Crippen LogP contribution is 2.28. The van der Waals surface area contributed by atoms with Crippen LogP contribution in [0.1, 0.15) is 67.3 Å². The van der Waals surface area contributed by atoms with Gasteiger partial charge >= 0.3 is 0 Å². The van der Waals surface area contributed by atoms with Gasteiger partial charge < -0.3 is 10.4 Å². The zero-order valence-electron chi connectivity index (χ0n) is 14.3. The van der Waals surface area contributed by atoms with Crippen molar-refractivity contribution in [3.63, 3.8) is 0 Å². The van der Waals surface area contributed by atoms with E-state index in [2.05, 4.69) is 31.1 Å². The van der Waals surface area contributed by atoms with Crippen molar-refractivity contribution in [1.29, 1.82) is 0 Å². The van der Waals surface area contributed by atoms with Gasteiger partial charge in [-0.3, -0.25) is 4.79 Å². The minimum atomic E-state index is -0.811. The van der Waals surface area contributed by atoms with Crippen LogP contribution >= 0.6 is 11.3 Å². The summed E-state index contributed by atoms with van der Waals surface area (Å²) >= 11 is 1.30. The number of nitrogens with zero attached hydrogens (tertiary/aromatic N) is 1. The molecule has 0 aliphatic heterocycles. The molecule has 2 rings (SSSR count). The molecule has 1 amide bonds. The molecule has 1 aromatic carbocycles. The van der Waals surface area contributed by atoms with Crippen molar-refractivity contribution < 1.29 is 9.90 Å². The quantitative estimate of drug-likeness (QED) is 0.898. The molecule has 0 fully saturated rings. The minimum absolute atomic E-state index is 0.0579. The molecule has 124 valence electrons. The van der Waals surface area contributed by atoms with E-state index in [1.165, 1.54) is 16.9 Å². The second-order valence-electron chi connectivity index (χ2n) is 6.97. The average molecular weight is 332 g/mol. The van der Waals surface area contributed by atoms with Gasteiger partial charge in [-0.05, 0) is 30.4 Å². The molecule has 1 atom stereocenters. The molecule has 0 saturated heterocycles. The third-order valence-corrected chi connectivity index (χ3v) is 4.40. The van der Waals surface area contributed by atoms with E-state index >= 15 is 0 Å².